The highest BCUT2D eigenvalue weighted by Gasteiger charge is 1.95. The number of nitrogens with two attached hydrogens (primary N) is 1. The second kappa shape index (κ2) is 5.67. The molecule has 0 aliphatic heterocycles. The van der Waals surface area contributed by atoms with Crippen LogP contribution in [0.5, 0.6) is 5.88 Å². The molecule has 6 heteroatoms. The highest BCUT2D eigenvalue weighted by atomic mass is 31.0. The zero-order chi connectivity index (χ0) is 9.52. The first kappa shape index (κ1) is 10.2. The van der Waals surface area contributed by atoms with Gasteiger partial charge in [0, 0.05) is 6.07 Å². The Labute approximate surface area is 78.9 Å². The van der Waals surface area contributed by atoms with Gasteiger partial charge in [-0.1, -0.05) is 0 Å². The van der Waals surface area contributed by atoms with Crippen LogP contribution >= 0.6 is 9.24 Å². The Kier molecular flexibility index (Phi) is 4.43. The lowest BCUT2D eigenvalue weighted by atomic mass is 10.6. The molecule has 13 heavy (non-hydrogen) atoms. The monoisotopic (exact) mass is 201 g/mol. The van der Waals surface area contributed by atoms with Crippen LogP contribution in [-0.4, -0.2) is 29.5 Å². The normalized spacial score (nSPS) is 9.92. The topological polar surface area (TPSA) is 70.3 Å². The molecular formula is C7H12N3O2P. The summed E-state index contributed by atoms with van der Waals surface area (Å²) in [4.78, 5) is 7.60. The van der Waals surface area contributed by atoms with Crippen LogP contribution in [-0.2, 0) is 4.74 Å². The van der Waals surface area contributed by atoms with Crippen molar-refractivity contribution in [3.63, 3.8) is 0 Å². The van der Waals surface area contributed by atoms with Crippen molar-refractivity contribution in [3.8, 4) is 5.88 Å². The highest BCUT2D eigenvalue weighted by Crippen LogP contribution is 2.06. The summed E-state index contributed by atoms with van der Waals surface area (Å²) in [5.74, 6) is 0.872. The molecule has 1 aromatic rings. The Bertz CT molecular complexity index is 259. The van der Waals surface area contributed by atoms with E-state index in [2.05, 4.69) is 19.2 Å². The molecule has 1 heterocycles. The molecule has 0 saturated carbocycles. The maximum Gasteiger partial charge on any atom is 0.218 e. The molecule has 0 aromatic carbocycles. The number of anilines is 1. The zero-order valence-electron chi connectivity index (χ0n) is 7.14. The van der Waals surface area contributed by atoms with Crippen LogP contribution in [0.15, 0.2) is 12.4 Å². The first-order chi connectivity index (χ1) is 6.33. The van der Waals surface area contributed by atoms with E-state index in [-0.39, 0.29) is 0 Å². The van der Waals surface area contributed by atoms with Crippen LogP contribution in [0.1, 0.15) is 0 Å². The number of hydrogen-bond acceptors (Lipinski definition) is 5. The molecule has 0 radical (unpaired) electrons. The van der Waals surface area contributed by atoms with Gasteiger partial charge in [0.15, 0.2) is 0 Å². The van der Waals surface area contributed by atoms with Gasteiger partial charge in [0.25, 0.3) is 0 Å². The summed E-state index contributed by atoms with van der Waals surface area (Å²) in [6.07, 6.45) is 1.97. The average molecular weight is 201 g/mol. The summed E-state index contributed by atoms with van der Waals surface area (Å²) in [6.45, 7) is 0.998. The van der Waals surface area contributed by atoms with E-state index in [9.17, 15) is 0 Å². The van der Waals surface area contributed by atoms with Crippen LogP contribution in [0, 0.1) is 0 Å². The van der Waals surface area contributed by atoms with Crippen molar-refractivity contribution in [2.75, 3.05) is 25.3 Å². The van der Waals surface area contributed by atoms with Crippen LogP contribution in [0.4, 0.5) is 5.82 Å². The van der Waals surface area contributed by atoms with Gasteiger partial charge in [0.05, 0.1) is 13.0 Å². The lowest BCUT2D eigenvalue weighted by Crippen LogP contribution is -2.07. The Balaban J connectivity index is 2.28. The third kappa shape index (κ3) is 4.01. The third-order valence-electron chi connectivity index (χ3n) is 1.26. The van der Waals surface area contributed by atoms with Gasteiger partial charge in [-0.05, 0) is 0 Å². The van der Waals surface area contributed by atoms with E-state index in [1.807, 2.05) is 0 Å². The second-order valence-corrected chi connectivity index (χ2v) is 2.54. The van der Waals surface area contributed by atoms with Gasteiger partial charge in [-0.2, -0.15) is 0 Å². The van der Waals surface area contributed by atoms with Gasteiger partial charge < -0.3 is 15.2 Å². The molecule has 1 unspecified atom stereocenters. The first-order valence-corrected chi connectivity index (χ1v) is 4.62. The Morgan fingerprint density at radius 1 is 1.38 bits per heavy atom. The van der Waals surface area contributed by atoms with Gasteiger partial charge >= 0.3 is 0 Å². The number of rotatable bonds is 5. The van der Waals surface area contributed by atoms with Crippen LogP contribution in [0.25, 0.3) is 0 Å². The Morgan fingerprint density at radius 3 is 2.92 bits per heavy atom. The van der Waals surface area contributed by atoms with Crippen molar-refractivity contribution in [1.82, 2.24) is 9.97 Å². The molecule has 1 rings (SSSR count). The molecule has 0 spiro atoms. The molecule has 2 N–H and O–H groups in total. The minimum atomic E-state index is 0.400. The number of nitrogen functional groups attached to an aromatic ring is 1. The summed E-state index contributed by atoms with van der Waals surface area (Å²) in [5, 5.41) is 0. The fourth-order valence-electron chi connectivity index (χ4n) is 0.721. The number of aromatic nitrogens is 2. The van der Waals surface area contributed by atoms with E-state index in [1.54, 1.807) is 6.07 Å². The van der Waals surface area contributed by atoms with E-state index in [4.69, 9.17) is 15.2 Å². The van der Waals surface area contributed by atoms with E-state index < -0.39 is 0 Å². The molecule has 1 aromatic heterocycles. The van der Waals surface area contributed by atoms with E-state index in [1.165, 1.54) is 6.33 Å². The van der Waals surface area contributed by atoms with E-state index >= 15 is 0 Å². The Hall–Kier alpha value is -0.930. The van der Waals surface area contributed by atoms with Crippen molar-refractivity contribution in [3.05, 3.63) is 12.4 Å². The quantitative estimate of drug-likeness (QED) is 0.547. The predicted octanol–water partition coefficient (Wildman–Crippen LogP) is 0.287. The molecular weight excluding hydrogens is 189 g/mol. The van der Waals surface area contributed by atoms with E-state index in [0.717, 1.165) is 0 Å². The third-order valence-corrected chi connectivity index (χ3v) is 1.49. The molecule has 72 valence electrons. The van der Waals surface area contributed by atoms with Crippen molar-refractivity contribution in [2.45, 2.75) is 0 Å². The maximum absolute atomic E-state index is 5.42. The van der Waals surface area contributed by atoms with Crippen molar-refractivity contribution < 1.29 is 9.47 Å². The fourth-order valence-corrected chi connectivity index (χ4v) is 0.888. The van der Waals surface area contributed by atoms with Crippen molar-refractivity contribution in [1.29, 1.82) is 0 Å². The van der Waals surface area contributed by atoms with Gasteiger partial charge in [-0.3, -0.25) is 0 Å². The molecule has 0 aliphatic rings. The molecule has 0 aliphatic carbocycles. The predicted molar refractivity (Wildman–Crippen MR) is 52.5 cm³/mol. The van der Waals surface area contributed by atoms with E-state index in [0.29, 0.717) is 31.3 Å². The minimum absolute atomic E-state index is 0.400. The molecule has 0 fully saturated rings. The SMILES string of the molecule is Nc1cc(OCCOCP)ncn1. The standard InChI is InChI=1S/C7H12N3O2P/c8-6-3-7(10-4-9-6)12-2-1-11-5-13/h3-4H,1-2,5,13H2,(H2,8,9,10). The molecule has 0 bridgehead atoms. The van der Waals surface area contributed by atoms with Gasteiger partial charge in [-0.25, -0.2) is 9.97 Å². The smallest absolute Gasteiger partial charge is 0.218 e. The number of nitrogens with zero attached hydrogens (tertiary/aromatic N) is 2. The van der Waals surface area contributed by atoms with Gasteiger partial charge in [0.1, 0.15) is 18.8 Å². The fraction of sp³-hybridized carbons (Fsp3) is 0.429. The summed E-state index contributed by atoms with van der Waals surface area (Å²) in [5.41, 5.74) is 5.42. The zero-order valence-corrected chi connectivity index (χ0v) is 8.30. The first-order valence-electron chi connectivity index (χ1n) is 3.81. The number of ether oxygens (including phenoxy) is 2. The van der Waals surface area contributed by atoms with Crippen molar-refractivity contribution >= 4 is 15.1 Å². The molecule has 0 amide bonds. The summed E-state index contributed by atoms with van der Waals surface area (Å²) in [7, 11) is 2.46. The van der Waals surface area contributed by atoms with Crippen LogP contribution in [0.3, 0.4) is 0 Å². The Morgan fingerprint density at radius 2 is 2.23 bits per heavy atom. The van der Waals surface area contributed by atoms with Crippen LogP contribution in [0.2, 0.25) is 0 Å². The summed E-state index contributed by atoms with van der Waals surface area (Å²) in [6, 6.07) is 1.57. The number of hydrogen-bond donors (Lipinski definition) is 1. The molecule has 5 nitrogen and oxygen atoms in total. The average Bonchev–Trinajstić information content (AvgIpc) is 2.13. The summed E-state index contributed by atoms with van der Waals surface area (Å²) >= 11 is 0. The highest BCUT2D eigenvalue weighted by molar-refractivity contribution is 7.16. The maximum atomic E-state index is 5.42. The second-order valence-electron chi connectivity index (χ2n) is 2.20. The lowest BCUT2D eigenvalue weighted by Gasteiger charge is -2.04. The largest absolute Gasteiger partial charge is 0.475 e. The lowest BCUT2D eigenvalue weighted by molar-refractivity contribution is 0.133. The van der Waals surface area contributed by atoms with Crippen LogP contribution < -0.4 is 10.5 Å². The minimum Gasteiger partial charge on any atom is -0.475 e. The molecule has 1 atom stereocenters. The summed E-state index contributed by atoms with van der Waals surface area (Å²) < 4.78 is 10.3. The van der Waals surface area contributed by atoms with Crippen molar-refractivity contribution in [2.24, 2.45) is 0 Å². The molecule has 0 saturated heterocycles. The van der Waals surface area contributed by atoms with Gasteiger partial charge in [0.2, 0.25) is 5.88 Å². The van der Waals surface area contributed by atoms with Gasteiger partial charge in [-0.15, -0.1) is 9.24 Å².